The summed E-state index contributed by atoms with van der Waals surface area (Å²) >= 11 is 0. The molecule has 1 aliphatic heterocycles. The summed E-state index contributed by atoms with van der Waals surface area (Å²) in [5, 5.41) is 0. The van der Waals surface area contributed by atoms with Gasteiger partial charge in [-0.05, 0) is 23.3 Å². The van der Waals surface area contributed by atoms with Crippen LogP contribution >= 0.6 is 0 Å². The first-order valence-corrected chi connectivity index (χ1v) is 5.97. The van der Waals surface area contributed by atoms with Crippen LogP contribution in [-0.2, 0) is 16.0 Å². The zero-order valence-corrected chi connectivity index (χ0v) is 10.2. The summed E-state index contributed by atoms with van der Waals surface area (Å²) in [4.78, 5) is 13.7. The van der Waals surface area contributed by atoms with Crippen molar-refractivity contribution in [2.24, 2.45) is 0 Å². The van der Waals surface area contributed by atoms with Gasteiger partial charge in [-0.1, -0.05) is 18.7 Å². The maximum absolute atomic E-state index is 13.6. The van der Waals surface area contributed by atoms with Crippen LogP contribution in [0.2, 0.25) is 0 Å². The standard InChI is InChI=1S/C14H16FNO2/c1-2-11-3-4-13(15)12(9-11)10-14(17)16-5-7-18-8-6-16/h2-4,9H,1,5-8,10H2. The third kappa shape index (κ3) is 2.96. The lowest BCUT2D eigenvalue weighted by molar-refractivity contribution is -0.134. The van der Waals surface area contributed by atoms with Crippen LogP contribution in [-0.4, -0.2) is 37.1 Å². The van der Waals surface area contributed by atoms with Crippen LogP contribution in [0.15, 0.2) is 24.8 Å². The first-order valence-electron chi connectivity index (χ1n) is 5.97. The Kier molecular flexibility index (Phi) is 4.10. The summed E-state index contributed by atoms with van der Waals surface area (Å²) in [6, 6.07) is 4.69. The van der Waals surface area contributed by atoms with E-state index in [0.717, 1.165) is 5.56 Å². The number of carbonyl (C=O) groups is 1. The van der Waals surface area contributed by atoms with E-state index in [4.69, 9.17) is 4.74 Å². The van der Waals surface area contributed by atoms with Crippen molar-refractivity contribution < 1.29 is 13.9 Å². The minimum absolute atomic E-state index is 0.0570. The first-order chi connectivity index (χ1) is 8.70. The Morgan fingerprint density at radius 1 is 1.44 bits per heavy atom. The zero-order chi connectivity index (χ0) is 13.0. The van der Waals surface area contributed by atoms with E-state index in [-0.39, 0.29) is 18.1 Å². The van der Waals surface area contributed by atoms with E-state index in [2.05, 4.69) is 6.58 Å². The van der Waals surface area contributed by atoms with Crippen molar-refractivity contribution >= 4 is 12.0 Å². The Bertz CT molecular complexity index is 453. The fraction of sp³-hybridized carbons (Fsp3) is 0.357. The number of ether oxygens (including phenoxy) is 1. The molecule has 0 saturated carbocycles. The molecule has 0 aromatic heterocycles. The molecule has 1 saturated heterocycles. The third-order valence-corrected chi connectivity index (χ3v) is 3.01. The molecule has 96 valence electrons. The Hall–Kier alpha value is -1.68. The van der Waals surface area contributed by atoms with Crippen LogP contribution < -0.4 is 0 Å². The fourth-order valence-corrected chi connectivity index (χ4v) is 1.94. The molecule has 0 aliphatic carbocycles. The van der Waals surface area contributed by atoms with Gasteiger partial charge in [-0.25, -0.2) is 4.39 Å². The van der Waals surface area contributed by atoms with E-state index >= 15 is 0 Å². The fourth-order valence-electron chi connectivity index (χ4n) is 1.94. The zero-order valence-electron chi connectivity index (χ0n) is 10.2. The molecule has 1 amide bonds. The van der Waals surface area contributed by atoms with E-state index in [1.807, 2.05) is 0 Å². The highest BCUT2D eigenvalue weighted by molar-refractivity contribution is 5.79. The van der Waals surface area contributed by atoms with Gasteiger partial charge in [0.1, 0.15) is 5.82 Å². The van der Waals surface area contributed by atoms with Crippen molar-refractivity contribution in [3.63, 3.8) is 0 Å². The van der Waals surface area contributed by atoms with E-state index < -0.39 is 0 Å². The average Bonchev–Trinajstić information content (AvgIpc) is 2.42. The Balaban J connectivity index is 2.07. The Morgan fingerprint density at radius 2 is 2.17 bits per heavy atom. The monoisotopic (exact) mass is 249 g/mol. The smallest absolute Gasteiger partial charge is 0.227 e. The van der Waals surface area contributed by atoms with Gasteiger partial charge in [-0.2, -0.15) is 0 Å². The number of halogens is 1. The number of benzene rings is 1. The quantitative estimate of drug-likeness (QED) is 0.818. The highest BCUT2D eigenvalue weighted by Crippen LogP contribution is 2.13. The second kappa shape index (κ2) is 5.78. The highest BCUT2D eigenvalue weighted by Gasteiger charge is 2.18. The van der Waals surface area contributed by atoms with Crippen molar-refractivity contribution in [3.8, 4) is 0 Å². The molecule has 0 radical (unpaired) electrons. The SMILES string of the molecule is C=Cc1ccc(F)c(CC(=O)N2CCOCC2)c1. The molecular weight excluding hydrogens is 233 g/mol. The van der Waals surface area contributed by atoms with Crippen molar-refractivity contribution in [3.05, 3.63) is 41.7 Å². The molecule has 18 heavy (non-hydrogen) atoms. The minimum Gasteiger partial charge on any atom is -0.378 e. The molecule has 1 aromatic rings. The molecule has 0 spiro atoms. The molecule has 0 atom stereocenters. The number of nitrogens with zero attached hydrogens (tertiary/aromatic N) is 1. The predicted molar refractivity (Wildman–Crippen MR) is 67.6 cm³/mol. The number of carbonyl (C=O) groups excluding carboxylic acids is 1. The van der Waals surface area contributed by atoms with Gasteiger partial charge in [-0.3, -0.25) is 4.79 Å². The van der Waals surface area contributed by atoms with Gasteiger partial charge in [0.2, 0.25) is 5.91 Å². The minimum atomic E-state index is -0.345. The second-order valence-corrected chi connectivity index (χ2v) is 4.22. The molecule has 0 bridgehead atoms. The molecule has 3 nitrogen and oxygen atoms in total. The second-order valence-electron chi connectivity index (χ2n) is 4.22. The van der Waals surface area contributed by atoms with Crippen LogP contribution in [0.4, 0.5) is 4.39 Å². The lowest BCUT2D eigenvalue weighted by atomic mass is 10.1. The van der Waals surface area contributed by atoms with Crippen LogP contribution in [0.3, 0.4) is 0 Å². The van der Waals surface area contributed by atoms with Gasteiger partial charge >= 0.3 is 0 Å². The first kappa shape index (κ1) is 12.8. The van der Waals surface area contributed by atoms with Gasteiger partial charge in [0.05, 0.1) is 19.6 Å². The highest BCUT2D eigenvalue weighted by atomic mass is 19.1. The number of hydrogen-bond acceptors (Lipinski definition) is 2. The summed E-state index contributed by atoms with van der Waals surface area (Å²) in [5.74, 6) is -0.402. The predicted octanol–water partition coefficient (Wildman–Crippen LogP) is 1.87. The van der Waals surface area contributed by atoms with Gasteiger partial charge in [0.15, 0.2) is 0 Å². The lowest BCUT2D eigenvalue weighted by Crippen LogP contribution is -2.41. The van der Waals surface area contributed by atoms with Gasteiger partial charge in [0.25, 0.3) is 0 Å². The van der Waals surface area contributed by atoms with Crippen molar-refractivity contribution in [2.75, 3.05) is 26.3 Å². The molecule has 1 aromatic carbocycles. The van der Waals surface area contributed by atoms with Crippen molar-refractivity contribution in [1.82, 2.24) is 4.90 Å². The third-order valence-electron chi connectivity index (χ3n) is 3.01. The molecule has 0 N–H and O–H groups in total. The number of morpholine rings is 1. The summed E-state index contributed by atoms with van der Waals surface area (Å²) in [5.41, 5.74) is 1.24. The van der Waals surface area contributed by atoms with Gasteiger partial charge < -0.3 is 9.64 Å². The molecule has 2 rings (SSSR count). The summed E-state index contributed by atoms with van der Waals surface area (Å²) in [6.45, 7) is 5.92. The maximum atomic E-state index is 13.6. The van der Waals surface area contributed by atoms with E-state index in [9.17, 15) is 9.18 Å². The number of rotatable bonds is 3. The molecule has 1 aliphatic rings. The lowest BCUT2D eigenvalue weighted by Gasteiger charge is -2.27. The van der Waals surface area contributed by atoms with E-state index in [1.165, 1.54) is 6.07 Å². The maximum Gasteiger partial charge on any atom is 0.227 e. The number of amides is 1. The molecule has 4 heteroatoms. The summed E-state index contributed by atoms with van der Waals surface area (Å²) in [7, 11) is 0. The Labute approximate surface area is 106 Å². The van der Waals surface area contributed by atoms with E-state index in [0.29, 0.717) is 31.9 Å². The molecular formula is C14H16FNO2. The van der Waals surface area contributed by atoms with Crippen molar-refractivity contribution in [1.29, 1.82) is 0 Å². The van der Waals surface area contributed by atoms with Crippen LogP contribution in [0.1, 0.15) is 11.1 Å². The Morgan fingerprint density at radius 3 is 2.83 bits per heavy atom. The van der Waals surface area contributed by atoms with E-state index in [1.54, 1.807) is 23.1 Å². The summed E-state index contributed by atoms with van der Waals surface area (Å²) in [6.07, 6.45) is 1.73. The topological polar surface area (TPSA) is 29.5 Å². The largest absolute Gasteiger partial charge is 0.378 e. The van der Waals surface area contributed by atoms with Crippen LogP contribution in [0, 0.1) is 5.82 Å². The number of hydrogen-bond donors (Lipinski definition) is 0. The van der Waals surface area contributed by atoms with Crippen LogP contribution in [0.25, 0.3) is 6.08 Å². The molecule has 1 fully saturated rings. The molecule has 0 unspecified atom stereocenters. The summed E-state index contributed by atoms with van der Waals surface area (Å²) < 4.78 is 18.8. The average molecular weight is 249 g/mol. The normalized spacial score (nSPS) is 15.5. The van der Waals surface area contributed by atoms with Gasteiger partial charge in [0, 0.05) is 13.1 Å². The van der Waals surface area contributed by atoms with Gasteiger partial charge in [-0.15, -0.1) is 0 Å². The molecule has 1 heterocycles. The van der Waals surface area contributed by atoms with Crippen molar-refractivity contribution in [2.45, 2.75) is 6.42 Å². The van der Waals surface area contributed by atoms with Crippen LogP contribution in [0.5, 0.6) is 0 Å².